The van der Waals surface area contributed by atoms with E-state index >= 15 is 0 Å². The van der Waals surface area contributed by atoms with Gasteiger partial charge < -0.3 is 29.2 Å². The zero-order valence-corrected chi connectivity index (χ0v) is 17.4. The van der Waals surface area contributed by atoms with Crippen molar-refractivity contribution in [1.82, 2.24) is 0 Å². The van der Waals surface area contributed by atoms with E-state index in [9.17, 15) is 19.8 Å². The van der Waals surface area contributed by atoms with Crippen molar-refractivity contribution in [2.45, 2.75) is 70.1 Å². The summed E-state index contributed by atoms with van der Waals surface area (Å²) in [5.41, 5.74) is -1.65. The molecule has 29 heavy (non-hydrogen) atoms. The molecule has 0 saturated carbocycles. The van der Waals surface area contributed by atoms with Crippen LogP contribution < -0.4 is 0 Å². The minimum absolute atomic E-state index is 0.0509. The van der Waals surface area contributed by atoms with E-state index in [0.717, 1.165) is 0 Å². The minimum Gasteiger partial charge on any atom is -0.457 e. The van der Waals surface area contributed by atoms with Crippen molar-refractivity contribution in [2.75, 3.05) is 13.7 Å². The molecule has 4 atom stereocenters. The van der Waals surface area contributed by atoms with Crippen molar-refractivity contribution >= 4 is 11.9 Å². The second-order valence-electron chi connectivity index (χ2n) is 8.24. The highest BCUT2D eigenvalue weighted by molar-refractivity contribution is 5.96. The van der Waals surface area contributed by atoms with E-state index in [1.165, 1.54) is 14.0 Å². The predicted octanol–water partition coefficient (Wildman–Crippen LogP) is 1.66. The van der Waals surface area contributed by atoms with E-state index < -0.39 is 35.0 Å². The lowest BCUT2D eigenvalue weighted by molar-refractivity contribution is -0.298. The summed E-state index contributed by atoms with van der Waals surface area (Å²) in [4.78, 5) is 24.6. The summed E-state index contributed by atoms with van der Waals surface area (Å²) in [5, 5.41) is 22.0. The molecule has 160 valence electrons. The number of ether oxygens (including phenoxy) is 4. The number of hydrogen-bond donors (Lipinski definition) is 2. The fraction of sp³-hybridized carbons (Fsp3) is 0.619. The first-order valence-corrected chi connectivity index (χ1v) is 9.61. The maximum Gasteiger partial charge on any atom is 0.343 e. The van der Waals surface area contributed by atoms with Crippen LogP contribution in [0, 0.1) is 0 Å². The molecule has 4 unspecified atom stereocenters. The molecule has 0 spiro atoms. The van der Waals surface area contributed by atoms with E-state index in [1.807, 2.05) is 0 Å². The molecule has 3 aliphatic rings. The number of rotatable bonds is 4. The molecule has 0 aromatic heterocycles. The Hall–Kier alpha value is -2.00. The van der Waals surface area contributed by atoms with Crippen molar-refractivity contribution in [3.63, 3.8) is 0 Å². The SMILES string of the molecule is CC=C(C)C(=O)OCC1=C2C(=CC3(C)CCC(O)(O3)C(C)(O)CC2OC)OC1=O. The Morgan fingerprint density at radius 1 is 1.34 bits per heavy atom. The van der Waals surface area contributed by atoms with Gasteiger partial charge in [0, 0.05) is 31.1 Å². The summed E-state index contributed by atoms with van der Waals surface area (Å²) in [5.74, 6) is -2.72. The lowest BCUT2D eigenvalue weighted by Crippen LogP contribution is -2.54. The van der Waals surface area contributed by atoms with Gasteiger partial charge in [-0.2, -0.15) is 0 Å². The zero-order valence-electron chi connectivity index (χ0n) is 17.4. The van der Waals surface area contributed by atoms with Gasteiger partial charge in [-0.05, 0) is 40.2 Å². The third-order valence-corrected chi connectivity index (χ3v) is 5.97. The van der Waals surface area contributed by atoms with E-state index in [4.69, 9.17) is 18.9 Å². The second-order valence-corrected chi connectivity index (χ2v) is 8.24. The average Bonchev–Trinajstić information content (AvgIpc) is 3.13. The highest BCUT2D eigenvalue weighted by atomic mass is 16.7. The van der Waals surface area contributed by atoms with Crippen LogP contribution in [-0.2, 0) is 28.5 Å². The Labute approximate surface area is 169 Å². The molecule has 3 heterocycles. The fourth-order valence-electron chi connectivity index (χ4n) is 3.93. The second kappa shape index (κ2) is 7.36. The maximum absolute atomic E-state index is 12.6. The third-order valence-electron chi connectivity index (χ3n) is 5.97. The molecule has 3 aliphatic heterocycles. The molecule has 0 aromatic carbocycles. The van der Waals surface area contributed by atoms with Gasteiger partial charge in [0.15, 0.2) is 5.79 Å². The first kappa shape index (κ1) is 21.7. The first-order valence-electron chi connectivity index (χ1n) is 9.61. The number of aliphatic hydroxyl groups is 2. The predicted molar refractivity (Wildman–Crippen MR) is 101 cm³/mol. The van der Waals surface area contributed by atoms with E-state index in [1.54, 1.807) is 32.9 Å². The van der Waals surface area contributed by atoms with Gasteiger partial charge in [0.1, 0.15) is 18.0 Å². The summed E-state index contributed by atoms with van der Waals surface area (Å²) in [6, 6.07) is 0. The van der Waals surface area contributed by atoms with Gasteiger partial charge in [0.2, 0.25) is 0 Å². The van der Waals surface area contributed by atoms with E-state index in [2.05, 4.69) is 0 Å². The number of carbonyl (C=O) groups is 2. The van der Waals surface area contributed by atoms with Gasteiger partial charge in [-0.25, -0.2) is 9.59 Å². The number of methoxy groups -OCH3 is 1. The Kier molecular flexibility index (Phi) is 5.51. The van der Waals surface area contributed by atoms with Gasteiger partial charge in [-0.15, -0.1) is 0 Å². The smallest absolute Gasteiger partial charge is 0.343 e. The Bertz CT molecular complexity index is 821. The summed E-state index contributed by atoms with van der Waals surface area (Å²) >= 11 is 0. The molecule has 0 aromatic rings. The van der Waals surface area contributed by atoms with Crippen LogP contribution in [-0.4, -0.2) is 59.0 Å². The fourth-order valence-corrected chi connectivity index (χ4v) is 3.93. The first-order chi connectivity index (χ1) is 13.5. The van der Waals surface area contributed by atoms with E-state index in [-0.39, 0.29) is 30.8 Å². The number of fused-ring (bicyclic) bond motifs is 3. The molecule has 3 rings (SSSR count). The molecule has 1 fully saturated rings. The van der Waals surface area contributed by atoms with Crippen LogP contribution in [0.4, 0.5) is 0 Å². The Morgan fingerprint density at radius 3 is 2.66 bits per heavy atom. The van der Waals surface area contributed by atoms with Crippen LogP contribution >= 0.6 is 0 Å². The lowest BCUT2D eigenvalue weighted by atomic mass is 9.82. The summed E-state index contributed by atoms with van der Waals surface area (Å²) in [7, 11) is 1.44. The molecular weight excluding hydrogens is 380 g/mol. The van der Waals surface area contributed by atoms with Crippen LogP contribution in [0.5, 0.6) is 0 Å². The molecule has 8 nitrogen and oxygen atoms in total. The average molecular weight is 408 g/mol. The monoisotopic (exact) mass is 408 g/mol. The van der Waals surface area contributed by atoms with Gasteiger partial charge in [0.25, 0.3) is 0 Å². The van der Waals surface area contributed by atoms with Gasteiger partial charge >= 0.3 is 11.9 Å². The van der Waals surface area contributed by atoms with Crippen LogP contribution in [0.15, 0.2) is 34.6 Å². The Balaban J connectivity index is 2.06. The molecular formula is C21H28O8. The number of carbonyl (C=O) groups excluding carboxylic acids is 2. The maximum atomic E-state index is 12.6. The summed E-state index contributed by atoms with van der Waals surface area (Å²) in [6.45, 7) is 6.26. The van der Waals surface area contributed by atoms with Gasteiger partial charge in [0.05, 0.1) is 17.3 Å². The van der Waals surface area contributed by atoms with Gasteiger partial charge in [-0.1, -0.05) is 6.08 Å². The van der Waals surface area contributed by atoms with Crippen LogP contribution in [0.3, 0.4) is 0 Å². The van der Waals surface area contributed by atoms with Crippen molar-refractivity contribution in [1.29, 1.82) is 0 Å². The molecule has 2 bridgehead atoms. The molecule has 0 amide bonds. The lowest BCUT2D eigenvalue weighted by Gasteiger charge is -2.40. The highest BCUT2D eigenvalue weighted by Gasteiger charge is 2.58. The quantitative estimate of drug-likeness (QED) is 0.534. The molecule has 8 heteroatoms. The largest absolute Gasteiger partial charge is 0.457 e. The third kappa shape index (κ3) is 3.77. The summed E-state index contributed by atoms with van der Waals surface area (Å²) in [6.07, 6.45) is 3.05. The molecule has 1 saturated heterocycles. The van der Waals surface area contributed by atoms with Crippen molar-refractivity contribution in [3.05, 3.63) is 34.6 Å². The van der Waals surface area contributed by atoms with Crippen LogP contribution in [0.25, 0.3) is 0 Å². The minimum atomic E-state index is -1.77. The van der Waals surface area contributed by atoms with Crippen molar-refractivity contribution in [2.24, 2.45) is 0 Å². The summed E-state index contributed by atoms with van der Waals surface area (Å²) < 4.78 is 22.1. The van der Waals surface area contributed by atoms with Crippen LogP contribution in [0.1, 0.15) is 47.0 Å². The Morgan fingerprint density at radius 2 is 2.03 bits per heavy atom. The highest BCUT2D eigenvalue weighted by Crippen LogP contribution is 2.49. The number of allylic oxidation sites excluding steroid dienone is 1. The zero-order chi connectivity index (χ0) is 21.6. The normalized spacial score (nSPS) is 37.3. The number of esters is 2. The van der Waals surface area contributed by atoms with Crippen molar-refractivity contribution in [3.8, 4) is 0 Å². The standard InChI is InChI=1S/C21H28O8/c1-6-12(2)17(22)27-11-13-16-14(26-5)10-20(4,24)21(25)8-7-19(3,29-21)9-15(16)28-18(13)23/h6,9,14,24-25H,7-8,10-11H2,1-5H3. The van der Waals surface area contributed by atoms with Crippen LogP contribution in [0.2, 0.25) is 0 Å². The number of hydrogen-bond acceptors (Lipinski definition) is 8. The van der Waals surface area contributed by atoms with E-state index in [0.29, 0.717) is 17.6 Å². The molecule has 2 N–H and O–H groups in total. The van der Waals surface area contributed by atoms with Gasteiger partial charge in [-0.3, -0.25) is 0 Å². The topological polar surface area (TPSA) is 112 Å². The van der Waals surface area contributed by atoms with Crippen molar-refractivity contribution < 1.29 is 38.7 Å². The molecule has 0 radical (unpaired) electrons. The molecule has 0 aliphatic carbocycles.